The summed E-state index contributed by atoms with van der Waals surface area (Å²) in [6.07, 6.45) is 1.09. The number of carbonyl (C=O) groups excluding carboxylic acids is 1. The van der Waals surface area contributed by atoms with Crippen LogP contribution in [0, 0.1) is 0 Å². The summed E-state index contributed by atoms with van der Waals surface area (Å²) in [5, 5.41) is 10.2. The van der Waals surface area contributed by atoms with Gasteiger partial charge in [0.1, 0.15) is 0 Å². The second kappa shape index (κ2) is 7.58. The maximum atomic E-state index is 11.9. The number of carboxylic acid groups (broad SMARTS) is 1. The molecule has 0 fully saturated rings. The average Bonchev–Trinajstić information content (AvgIpc) is 2.96. The van der Waals surface area contributed by atoms with E-state index in [2.05, 4.69) is 0 Å². The van der Waals surface area contributed by atoms with Crippen LogP contribution in [0.25, 0.3) is 11.3 Å². The second-order valence-corrected chi connectivity index (χ2v) is 6.32. The van der Waals surface area contributed by atoms with Crippen LogP contribution in [0.3, 0.4) is 0 Å². The van der Waals surface area contributed by atoms with E-state index in [1.54, 1.807) is 10.6 Å². The third kappa shape index (κ3) is 3.16. The minimum atomic E-state index is -1.11. The van der Waals surface area contributed by atoms with E-state index in [0.717, 1.165) is 11.1 Å². The SMILES string of the molecule is CCc1c(C(=O)O)c(C=O)n(Cc2ccccc2)c1-c1ccccc1Cl. The maximum Gasteiger partial charge on any atom is 0.338 e. The number of hydrogen-bond acceptors (Lipinski definition) is 2. The Morgan fingerprint density at radius 2 is 1.77 bits per heavy atom. The van der Waals surface area contributed by atoms with Crippen LogP contribution in [0.1, 0.15) is 38.9 Å². The van der Waals surface area contributed by atoms with E-state index in [4.69, 9.17) is 11.6 Å². The van der Waals surface area contributed by atoms with Crippen LogP contribution in [-0.4, -0.2) is 21.9 Å². The summed E-state index contributed by atoms with van der Waals surface area (Å²) in [4.78, 5) is 23.7. The smallest absolute Gasteiger partial charge is 0.338 e. The highest BCUT2D eigenvalue weighted by atomic mass is 35.5. The first kappa shape index (κ1) is 18.0. The molecule has 132 valence electrons. The van der Waals surface area contributed by atoms with Crippen molar-refractivity contribution < 1.29 is 14.7 Å². The molecule has 1 heterocycles. The topological polar surface area (TPSA) is 59.3 Å². The van der Waals surface area contributed by atoms with Crippen molar-refractivity contribution in [3.8, 4) is 11.3 Å². The van der Waals surface area contributed by atoms with Crippen LogP contribution in [0.4, 0.5) is 0 Å². The number of carbonyl (C=O) groups is 2. The second-order valence-electron chi connectivity index (χ2n) is 5.92. The molecule has 26 heavy (non-hydrogen) atoms. The first-order valence-corrected chi connectivity index (χ1v) is 8.68. The normalized spacial score (nSPS) is 10.7. The number of nitrogens with zero attached hydrogens (tertiary/aromatic N) is 1. The van der Waals surface area contributed by atoms with Gasteiger partial charge in [-0.15, -0.1) is 0 Å². The molecule has 0 saturated heterocycles. The third-order valence-electron chi connectivity index (χ3n) is 4.40. The summed E-state index contributed by atoms with van der Waals surface area (Å²) in [6.45, 7) is 2.26. The summed E-state index contributed by atoms with van der Waals surface area (Å²) < 4.78 is 1.76. The lowest BCUT2D eigenvalue weighted by atomic mass is 10.0. The van der Waals surface area contributed by atoms with E-state index in [1.165, 1.54) is 0 Å². The minimum absolute atomic E-state index is 0.0494. The van der Waals surface area contributed by atoms with Gasteiger partial charge in [0.25, 0.3) is 0 Å². The van der Waals surface area contributed by atoms with Crippen molar-refractivity contribution in [1.29, 1.82) is 0 Å². The average molecular weight is 368 g/mol. The van der Waals surface area contributed by atoms with Gasteiger partial charge in [0, 0.05) is 17.1 Å². The number of hydrogen-bond donors (Lipinski definition) is 1. The molecule has 0 radical (unpaired) electrons. The molecule has 0 saturated carbocycles. The van der Waals surface area contributed by atoms with Gasteiger partial charge >= 0.3 is 5.97 Å². The van der Waals surface area contributed by atoms with Crippen LogP contribution < -0.4 is 0 Å². The van der Waals surface area contributed by atoms with Gasteiger partial charge in [-0.1, -0.05) is 67.1 Å². The predicted octanol–water partition coefficient (Wildman–Crippen LogP) is 4.93. The molecular weight excluding hydrogens is 350 g/mol. The van der Waals surface area contributed by atoms with Crippen molar-refractivity contribution in [2.45, 2.75) is 19.9 Å². The molecule has 0 aliphatic carbocycles. The molecule has 0 unspecified atom stereocenters. The van der Waals surface area contributed by atoms with Gasteiger partial charge in [-0.05, 0) is 23.6 Å². The highest BCUT2D eigenvalue weighted by molar-refractivity contribution is 6.33. The fourth-order valence-electron chi connectivity index (χ4n) is 3.29. The van der Waals surface area contributed by atoms with E-state index in [1.807, 2.05) is 55.5 Å². The van der Waals surface area contributed by atoms with Crippen molar-refractivity contribution in [3.63, 3.8) is 0 Å². The summed E-state index contributed by atoms with van der Waals surface area (Å²) in [6, 6.07) is 16.9. The van der Waals surface area contributed by atoms with Gasteiger partial charge in [-0.2, -0.15) is 0 Å². The summed E-state index contributed by atoms with van der Waals surface area (Å²) in [5.41, 5.74) is 3.20. The zero-order chi connectivity index (χ0) is 18.7. The highest BCUT2D eigenvalue weighted by Gasteiger charge is 2.27. The Kier molecular flexibility index (Phi) is 5.24. The van der Waals surface area contributed by atoms with Gasteiger partial charge in [0.15, 0.2) is 6.29 Å². The van der Waals surface area contributed by atoms with Crippen LogP contribution in [-0.2, 0) is 13.0 Å². The Bertz CT molecular complexity index is 961. The van der Waals surface area contributed by atoms with E-state index in [0.29, 0.717) is 35.5 Å². The molecule has 0 aliphatic heterocycles. The van der Waals surface area contributed by atoms with Crippen LogP contribution in [0.15, 0.2) is 54.6 Å². The first-order chi connectivity index (χ1) is 12.6. The zero-order valence-electron chi connectivity index (χ0n) is 14.3. The molecule has 0 atom stereocenters. The van der Waals surface area contributed by atoms with Crippen LogP contribution in [0.5, 0.6) is 0 Å². The Labute approximate surface area is 156 Å². The fraction of sp³-hybridized carbons (Fsp3) is 0.143. The molecule has 0 spiro atoms. The molecule has 3 aromatic rings. The molecule has 2 aromatic carbocycles. The lowest BCUT2D eigenvalue weighted by Crippen LogP contribution is -2.08. The quantitative estimate of drug-likeness (QED) is 0.628. The lowest BCUT2D eigenvalue weighted by molar-refractivity contribution is 0.0692. The van der Waals surface area contributed by atoms with E-state index < -0.39 is 5.97 Å². The lowest BCUT2D eigenvalue weighted by Gasteiger charge is -2.14. The number of aromatic carboxylic acids is 1. The van der Waals surface area contributed by atoms with Crippen molar-refractivity contribution in [3.05, 3.63) is 82.0 Å². The Hall–Kier alpha value is -2.85. The monoisotopic (exact) mass is 367 g/mol. The van der Waals surface area contributed by atoms with Gasteiger partial charge in [-0.25, -0.2) is 4.79 Å². The van der Waals surface area contributed by atoms with Crippen LogP contribution in [0.2, 0.25) is 5.02 Å². The molecule has 0 aliphatic rings. The van der Waals surface area contributed by atoms with Crippen molar-refractivity contribution in [2.24, 2.45) is 0 Å². The highest BCUT2D eigenvalue weighted by Crippen LogP contribution is 2.36. The Morgan fingerprint density at radius 1 is 1.12 bits per heavy atom. The summed E-state index contributed by atoms with van der Waals surface area (Å²) >= 11 is 6.40. The Balaban J connectivity index is 2.34. The number of carboxylic acids is 1. The number of rotatable bonds is 6. The molecule has 1 N–H and O–H groups in total. The van der Waals surface area contributed by atoms with Gasteiger partial charge in [0.05, 0.1) is 17.0 Å². The molecule has 1 aromatic heterocycles. The maximum absolute atomic E-state index is 11.9. The zero-order valence-corrected chi connectivity index (χ0v) is 15.0. The van der Waals surface area contributed by atoms with E-state index in [-0.39, 0.29) is 11.3 Å². The van der Waals surface area contributed by atoms with Crippen molar-refractivity contribution in [1.82, 2.24) is 4.57 Å². The fourth-order valence-corrected chi connectivity index (χ4v) is 3.51. The molecule has 4 nitrogen and oxygen atoms in total. The van der Waals surface area contributed by atoms with Crippen LogP contribution >= 0.6 is 11.6 Å². The van der Waals surface area contributed by atoms with Crippen molar-refractivity contribution in [2.75, 3.05) is 0 Å². The van der Waals surface area contributed by atoms with E-state index in [9.17, 15) is 14.7 Å². The number of benzene rings is 2. The summed E-state index contributed by atoms with van der Waals surface area (Å²) in [7, 11) is 0. The number of aldehydes is 1. The Morgan fingerprint density at radius 3 is 2.35 bits per heavy atom. The van der Waals surface area contributed by atoms with Crippen molar-refractivity contribution >= 4 is 23.9 Å². The molecule has 0 amide bonds. The van der Waals surface area contributed by atoms with Gasteiger partial charge < -0.3 is 9.67 Å². The molecule has 5 heteroatoms. The molecule has 3 rings (SSSR count). The largest absolute Gasteiger partial charge is 0.478 e. The first-order valence-electron chi connectivity index (χ1n) is 8.31. The third-order valence-corrected chi connectivity index (χ3v) is 4.73. The molecular formula is C21H18ClNO3. The predicted molar refractivity (Wildman–Crippen MR) is 102 cm³/mol. The standard InChI is InChI=1S/C21H18ClNO3/c1-2-15-19(21(25)26)18(13-24)23(12-14-8-4-3-5-9-14)20(15)16-10-6-7-11-17(16)22/h3-11,13H,2,12H2,1H3,(H,25,26). The van der Waals surface area contributed by atoms with E-state index >= 15 is 0 Å². The van der Waals surface area contributed by atoms with Gasteiger partial charge in [0.2, 0.25) is 0 Å². The minimum Gasteiger partial charge on any atom is -0.478 e. The molecule has 0 bridgehead atoms. The number of aromatic nitrogens is 1. The number of halogens is 1. The summed E-state index contributed by atoms with van der Waals surface area (Å²) in [5.74, 6) is -1.11. The van der Waals surface area contributed by atoms with Gasteiger partial charge in [-0.3, -0.25) is 4.79 Å².